The molecule has 140 valence electrons. The van der Waals surface area contributed by atoms with E-state index in [0.29, 0.717) is 11.4 Å². The van der Waals surface area contributed by atoms with Gasteiger partial charge in [0.25, 0.3) is 0 Å². The number of benzene rings is 1. The van der Waals surface area contributed by atoms with E-state index in [4.69, 9.17) is 4.74 Å². The molecule has 2 amide bonds. The van der Waals surface area contributed by atoms with Crippen molar-refractivity contribution in [3.05, 3.63) is 24.3 Å². The summed E-state index contributed by atoms with van der Waals surface area (Å²) in [5.41, 5.74) is 0.907. The van der Waals surface area contributed by atoms with Crippen LogP contribution in [-0.2, 0) is 4.79 Å². The third-order valence-corrected chi connectivity index (χ3v) is 6.71. The molecule has 0 spiro atoms. The van der Waals surface area contributed by atoms with Crippen molar-refractivity contribution in [1.29, 1.82) is 0 Å². The number of anilines is 1. The topological polar surface area (TPSA) is 67.4 Å². The van der Waals surface area contributed by atoms with E-state index in [1.807, 2.05) is 0 Å². The van der Waals surface area contributed by atoms with Gasteiger partial charge in [-0.25, -0.2) is 4.79 Å². The van der Waals surface area contributed by atoms with Crippen molar-refractivity contribution in [2.75, 3.05) is 5.32 Å². The minimum Gasteiger partial charge on any atom is -0.427 e. The Hall–Kier alpha value is -2.04. The highest BCUT2D eigenvalue weighted by Crippen LogP contribution is 2.61. The Balaban J connectivity index is 1.38. The first-order chi connectivity index (χ1) is 12.4. The number of carbonyl (C=O) groups is 2. The molecule has 1 atom stereocenters. The summed E-state index contributed by atoms with van der Waals surface area (Å²) in [6.07, 6.45) is 8.01. The van der Waals surface area contributed by atoms with Crippen LogP contribution in [0.5, 0.6) is 5.75 Å². The van der Waals surface area contributed by atoms with Crippen LogP contribution in [0.2, 0.25) is 0 Å². The van der Waals surface area contributed by atoms with Gasteiger partial charge < -0.3 is 15.4 Å². The molecule has 0 heterocycles. The Bertz CT molecular complexity index is 680. The number of amides is 2. The standard InChI is InChI=1S/C21H28N2O3/c1-13(21-10-15-6-16(11-21)8-17(7-15)12-21)22-20(25)23-18-4-3-5-19(9-18)26-14(2)24/h3-5,9,13,15-17H,6-8,10-12H2,1-2H3,(H2,22,23,25). The quantitative estimate of drug-likeness (QED) is 0.623. The van der Waals surface area contributed by atoms with Crippen LogP contribution < -0.4 is 15.4 Å². The van der Waals surface area contributed by atoms with Crippen LogP contribution in [0.3, 0.4) is 0 Å². The molecule has 5 nitrogen and oxygen atoms in total. The maximum absolute atomic E-state index is 12.5. The zero-order chi connectivity index (χ0) is 18.3. The molecule has 0 aromatic heterocycles. The highest BCUT2D eigenvalue weighted by atomic mass is 16.5. The van der Waals surface area contributed by atoms with Crippen LogP contribution in [0.25, 0.3) is 0 Å². The number of carbonyl (C=O) groups excluding carboxylic acids is 2. The highest BCUT2D eigenvalue weighted by molar-refractivity contribution is 5.89. The Morgan fingerprint density at radius 1 is 1.12 bits per heavy atom. The normalized spacial score (nSPS) is 32.8. The summed E-state index contributed by atoms with van der Waals surface area (Å²) in [7, 11) is 0. The molecule has 2 N–H and O–H groups in total. The third-order valence-electron chi connectivity index (χ3n) is 6.71. The Labute approximate surface area is 154 Å². The highest BCUT2D eigenvalue weighted by Gasteiger charge is 2.53. The van der Waals surface area contributed by atoms with E-state index < -0.39 is 0 Å². The van der Waals surface area contributed by atoms with Gasteiger partial charge in [-0.05, 0) is 80.8 Å². The van der Waals surface area contributed by atoms with Crippen molar-refractivity contribution >= 4 is 17.7 Å². The molecule has 1 unspecified atom stereocenters. The Morgan fingerprint density at radius 2 is 1.73 bits per heavy atom. The van der Waals surface area contributed by atoms with Crippen molar-refractivity contribution < 1.29 is 14.3 Å². The first-order valence-electron chi connectivity index (χ1n) is 9.78. The molecule has 4 saturated carbocycles. The monoisotopic (exact) mass is 356 g/mol. The number of hydrogen-bond donors (Lipinski definition) is 2. The van der Waals surface area contributed by atoms with E-state index in [2.05, 4.69) is 17.6 Å². The molecular weight excluding hydrogens is 328 g/mol. The molecule has 0 saturated heterocycles. The number of esters is 1. The Kier molecular flexibility index (Phi) is 4.41. The van der Waals surface area contributed by atoms with E-state index in [-0.39, 0.29) is 23.5 Å². The third kappa shape index (κ3) is 3.44. The molecule has 0 aliphatic heterocycles. The SMILES string of the molecule is CC(=O)Oc1cccc(NC(=O)NC(C)C23CC4CC(CC(C4)C2)C3)c1. The lowest BCUT2D eigenvalue weighted by atomic mass is 9.48. The molecule has 1 aromatic rings. The van der Waals surface area contributed by atoms with E-state index in [1.165, 1.54) is 45.4 Å². The lowest BCUT2D eigenvalue weighted by molar-refractivity contribution is -0.131. The van der Waals surface area contributed by atoms with Crippen molar-refractivity contribution in [3.63, 3.8) is 0 Å². The second-order valence-electron chi connectivity index (χ2n) is 8.72. The minimum atomic E-state index is -0.373. The van der Waals surface area contributed by atoms with E-state index in [9.17, 15) is 9.59 Å². The molecule has 5 heteroatoms. The van der Waals surface area contributed by atoms with E-state index in [1.54, 1.807) is 24.3 Å². The van der Waals surface area contributed by atoms with Crippen LogP contribution in [-0.4, -0.2) is 18.0 Å². The van der Waals surface area contributed by atoms with E-state index >= 15 is 0 Å². The zero-order valence-corrected chi connectivity index (χ0v) is 15.6. The number of hydrogen-bond acceptors (Lipinski definition) is 3. The average molecular weight is 356 g/mol. The smallest absolute Gasteiger partial charge is 0.319 e. The molecule has 4 bridgehead atoms. The maximum Gasteiger partial charge on any atom is 0.319 e. The van der Waals surface area contributed by atoms with Crippen molar-refractivity contribution in [1.82, 2.24) is 5.32 Å². The lowest BCUT2D eigenvalue weighted by Gasteiger charge is -2.59. The predicted molar refractivity (Wildman–Crippen MR) is 100.0 cm³/mol. The summed E-state index contributed by atoms with van der Waals surface area (Å²) in [4.78, 5) is 23.6. The van der Waals surface area contributed by atoms with Gasteiger partial charge in [0, 0.05) is 24.7 Å². The van der Waals surface area contributed by atoms with Gasteiger partial charge in [-0.3, -0.25) is 4.79 Å². The molecule has 4 aliphatic rings. The van der Waals surface area contributed by atoms with Gasteiger partial charge in [-0.1, -0.05) is 6.07 Å². The predicted octanol–water partition coefficient (Wildman–Crippen LogP) is 4.34. The number of nitrogens with one attached hydrogen (secondary N) is 2. The van der Waals surface area contributed by atoms with Gasteiger partial charge in [0.2, 0.25) is 0 Å². The molecule has 0 radical (unpaired) electrons. The minimum absolute atomic E-state index is 0.174. The van der Waals surface area contributed by atoms with Gasteiger partial charge in [0.1, 0.15) is 5.75 Å². The average Bonchev–Trinajstić information content (AvgIpc) is 2.53. The fraction of sp³-hybridized carbons (Fsp3) is 0.619. The van der Waals surface area contributed by atoms with Crippen molar-refractivity contribution in [2.24, 2.45) is 23.2 Å². The second kappa shape index (κ2) is 6.60. The Morgan fingerprint density at radius 3 is 2.31 bits per heavy atom. The van der Waals surface area contributed by atoms with Crippen LogP contribution in [0, 0.1) is 23.2 Å². The maximum atomic E-state index is 12.5. The molecule has 4 fully saturated rings. The lowest BCUT2D eigenvalue weighted by Crippen LogP contribution is -2.56. The summed E-state index contributed by atoms with van der Waals surface area (Å²) in [6.45, 7) is 3.53. The van der Waals surface area contributed by atoms with Crippen molar-refractivity contribution in [2.45, 2.75) is 58.4 Å². The van der Waals surface area contributed by atoms with Crippen LogP contribution >= 0.6 is 0 Å². The number of urea groups is 1. The zero-order valence-electron chi connectivity index (χ0n) is 15.6. The summed E-state index contributed by atoms with van der Waals surface area (Å²) >= 11 is 0. The molecule has 26 heavy (non-hydrogen) atoms. The van der Waals surface area contributed by atoms with Crippen molar-refractivity contribution in [3.8, 4) is 5.75 Å². The van der Waals surface area contributed by atoms with Crippen LogP contribution in [0.1, 0.15) is 52.4 Å². The van der Waals surface area contributed by atoms with Gasteiger partial charge in [0.05, 0.1) is 0 Å². The number of rotatable bonds is 4. The van der Waals surface area contributed by atoms with Crippen LogP contribution in [0.15, 0.2) is 24.3 Å². The molecule has 1 aromatic carbocycles. The first kappa shape index (κ1) is 17.4. The fourth-order valence-electron chi connectivity index (χ4n) is 6.03. The molecular formula is C21H28N2O3. The van der Waals surface area contributed by atoms with E-state index in [0.717, 1.165) is 17.8 Å². The van der Waals surface area contributed by atoms with Gasteiger partial charge in [0.15, 0.2) is 0 Å². The summed E-state index contributed by atoms with van der Waals surface area (Å²) in [5, 5.41) is 6.07. The summed E-state index contributed by atoms with van der Waals surface area (Å²) < 4.78 is 5.07. The largest absolute Gasteiger partial charge is 0.427 e. The molecule has 5 rings (SSSR count). The second-order valence-corrected chi connectivity index (χ2v) is 8.72. The number of ether oxygens (including phenoxy) is 1. The van der Waals surface area contributed by atoms with Gasteiger partial charge >= 0.3 is 12.0 Å². The molecule has 4 aliphatic carbocycles. The fourth-order valence-corrected chi connectivity index (χ4v) is 6.03. The van der Waals surface area contributed by atoms with Gasteiger partial charge in [-0.2, -0.15) is 0 Å². The summed E-state index contributed by atoms with van der Waals surface area (Å²) in [5.74, 6) is 2.67. The van der Waals surface area contributed by atoms with Gasteiger partial charge in [-0.15, -0.1) is 0 Å². The first-order valence-corrected chi connectivity index (χ1v) is 9.78. The van der Waals surface area contributed by atoms with Crippen LogP contribution in [0.4, 0.5) is 10.5 Å². The summed E-state index contributed by atoms with van der Waals surface area (Å²) in [6, 6.07) is 6.90.